The molecular formula is C12H13BrF2N2O3. The second kappa shape index (κ2) is 7.88. The number of nitrogens with one attached hydrogen (secondary N) is 1. The maximum absolute atomic E-state index is 13.7. The van der Waals surface area contributed by atoms with Crippen molar-refractivity contribution in [3.8, 4) is 0 Å². The predicted octanol–water partition coefficient (Wildman–Crippen LogP) is 3.17. The Bertz CT molecular complexity index is 512. The average Bonchev–Trinajstić information content (AvgIpc) is 2.40. The van der Waals surface area contributed by atoms with Crippen molar-refractivity contribution in [2.45, 2.75) is 19.3 Å². The maximum atomic E-state index is 13.7. The second-order valence-corrected chi connectivity index (χ2v) is 4.84. The molecule has 8 heteroatoms. The minimum Gasteiger partial charge on any atom is -0.352 e. The van der Waals surface area contributed by atoms with E-state index in [9.17, 15) is 23.7 Å². The zero-order valence-corrected chi connectivity index (χ0v) is 12.1. The number of nitro groups is 1. The molecule has 0 aliphatic rings. The Balaban J connectivity index is 2.75. The number of unbranched alkanes of at least 4 members (excludes halogenated alkanes) is 2. The van der Waals surface area contributed by atoms with Crippen LogP contribution in [0.25, 0.3) is 0 Å². The standard InChI is InChI=1S/C12H13BrF2N2O3/c13-4-2-1-3-5-16-12(18)9-6-8(14)7-10(11(9)15)17(19)20/h6-7H,1-5H2,(H,16,18). The highest BCUT2D eigenvalue weighted by atomic mass is 79.9. The van der Waals surface area contributed by atoms with Crippen LogP contribution in [0.15, 0.2) is 12.1 Å². The zero-order chi connectivity index (χ0) is 15.1. The molecule has 1 N–H and O–H groups in total. The number of amides is 1. The molecule has 0 spiro atoms. The number of hydrogen-bond acceptors (Lipinski definition) is 3. The molecule has 0 fully saturated rings. The van der Waals surface area contributed by atoms with Gasteiger partial charge >= 0.3 is 5.69 Å². The van der Waals surface area contributed by atoms with E-state index in [0.717, 1.165) is 18.2 Å². The fraction of sp³-hybridized carbons (Fsp3) is 0.417. The van der Waals surface area contributed by atoms with E-state index in [-0.39, 0.29) is 0 Å². The van der Waals surface area contributed by atoms with Crippen LogP contribution in [0, 0.1) is 21.7 Å². The van der Waals surface area contributed by atoms with E-state index >= 15 is 0 Å². The lowest BCUT2D eigenvalue weighted by Crippen LogP contribution is -2.25. The molecule has 0 heterocycles. The van der Waals surface area contributed by atoms with E-state index in [4.69, 9.17) is 0 Å². The summed E-state index contributed by atoms with van der Waals surface area (Å²) in [6.45, 7) is 0.301. The van der Waals surface area contributed by atoms with Gasteiger partial charge in [-0.3, -0.25) is 14.9 Å². The van der Waals surface area contributed by atoms with Gasteiger partial charge < -0.3 is 5.32 Å². The summed E-state index contributed by atoms with van der Waals surface area (Å²) in [4.78, 5) is 21.2. The van der Waals surface area contributed by atoms with Crippen LogP contribution in [0.4, 0.5) is 14.5 Å². The van der Waals surface area contributed by atoms with Gasteiger partial charge in [0.25, 0.3) is 5.91 Å². The number of nitro benzene ring substituents is 1. The third kappa shape index (κ3) is 4.52. The van der Waals surface area contributed by atoms with Crippen molar-refractivity contribution in [2.75, 3.05) is 11.9 Å². The fourth-order valence-electron chi connectivity index (χ4n) is 1.57. The van der Waals surface area contributed by atoms with Gasteiger partial charge in [-0.15, -0.1) is 0 Å². The van der Waals surface area contributed by atoms with Crippen LogP contribution in [0.3, 0.4) is 0 Å². The molecule has 1 rings (SSSR count). The topological polar surface area (TPSA) is 72.2 Å². The van der Waals surface area contributed by atoms with E-state index in [1.807, 2.05) is 0 Å². The Morgan fingerprint density at radius 1 is 1.30 bits per heavy atom. The third-order valence-corrected chi connectivity index (χ3v) is 3.12. The van der Waals surface area contributed by atoms with Gasteiger partial charge in [0, 0.05) is 11.9 Å². The number of carbonyl (C=O) groups is 1. The van der Waals surface area contributed by atoms with E-state index in [1.165, 1.54) is 0 Å². The van der Waals surface area contributed by atoms with Crippen molar-refractivity contribution in [2.24, 2.45) is 0 Å². The lowest BCUT2D eigenvalue weighted by molar-refractivity contribution is -0.387. The average molecular weight is 351 g/mol. The summed E-state index contributed by atoms with van der Waals surface area (Å²) < 4.78 is 26.9. The fourth-order valence-corrected chi connectivity index (χ4v) is 1.96. The van der Waals surface area contributed by atoms with Gasteiger partial charge in [0.1, 0.15) is 5.82 Å². The molecule has 1 amide bonds. The monoisotopic (exact) mass is 350 g/mol. The molecule has 0 atom stereocenters. The normalized spacial score (nSPS) is 10.3. The van der Waals surface area contributed by atoms with E-state index in [0.29, 0.717) is 25.1 Å². The van der Waals surface area contributed by atoms with Gasteiger partial charge in [0.2, 0.25) is 5.82 Å². The number of rotatable bonds is 7. The number of alkyl halides is 1. The number of benzene rings is 1. The first-order valence-corrected chi connectivity index (χ1v) is 7.07. The summed E-state index contributed by atoms with van der Waals surface area (Å²) in [6, 6.07) is 1.10. The summed E-state index contributed by atoms with van der Waals surface area (Å²) in [5, 5.41) is 13.8. The highest BCUT2D eigenvalue weighted by molar-refractivity contribution is 9.09. The number of halogens is 3. The van der Waals surface area contributed by atoms with Gasteiger partial charge in [0.05, 0.1) is 16.6 Å². The first-order valence-electron chi connectivity index (χ1n) is 5.95. The SMILES string of the molecule is O=C(NCCCCCBr)c1cc(F)cc([N+](=O)[O-])c1F. The third-order valence-electron chi connectivity index (χ3n) is 2.56. The largest absolute Gasteiger partial charge is 0.352 e. The number of nitrogens with zero attached hydrogens (tertiary/aromatic N) is 1. The molecule has 0 saturated carbocycles. The molecule has 1 aromatic rings. The predicted molar refractivity (Wildman–Crippen MR) is 73.0 cm³/mol. The van der Waals surface area contributed by atoms with Crippen LogP contribution in [0.2, 0.25) is 0 Å². The first kappa shape index (κ1) is 16.5. The zero-order valence-electron chi connectivity index (χ0n) is 10.5. The summed E-state index contributed by atoms with van der Waals surface area (Å²) in [5.74, 6) is -3.21. The van der Waals surface area contributed by atoms with Crippen molar-refractivity contribution in [3.63, 3.8) is 0 Å². The Labute approximate surface area is 122 Å². The van der Waals surface area contributed by atoms with Crippen LogP contribution in [0.5, 0.6) is 0 Å². The van der Waals surface area contributed by atoms with Crippen molar-refractivity contribution in [1.82, 2.24) is 5.32 Å². The molecule has 20 heavy (non-hydrogen) atoms. The lowest BCUT2D eigenvalue weighted by atomic mass is 10.1. The molecule has 110 valence electrons. The van der Waals surface area contributed by atoms with Crippen LogP contribution < -0.4 is 5.32 Å². The van der Waals surface area contributed by atoms with Crippen LogP contribution in [-0.4, -0.2) is 22.7 Å². The molecule has 0 radical (unpaired) electrons. The van der Waals surface area contributed by atoms with Gasteiger partial charge in [-0.1, -0.05) is 22.4 Å². The summed E-state index contributed by atoms with van der Waals surface area (Å²) >= 11 is 3.26. The molecule has 0 saturated heterocycles. The Kier molecular flexibility index (Phi) is 6.50. The summed E-state index contributed by atoms with van der Waals surface area (Å²) in [6.07, 6.45) is 2.50. The van der Waals surface area contributed by atoms with Crippen LogP contribution in [0.1, 0.15) is 29.6 Å². The molecular weight excluding hydrogens is 338 g/mol. The van der Waals surface area contributed by atoms with Crippen LogP contribution in [-0.2, 0) is 0 Å². The smallest absolute Gasteiger partial charge is 0.308 e. The Morgan fingerprint density at radius 2 is 2.00 bits per heavy atom. The minimum absolute atomic E-state index is 0.301. The highest BCUT2D eigenvalue weighted by Gasteiger charge is 2.23. The van der Waals surface area contributed by atoms with E-state index in [1.54, 1.807) is 0 Å². The molecule has 0 unspecified atom stereocenters. The summed E-state index contributed by atoms with van der Waals surface area (Å²) in [5.41, 5.74) is -1.70. The minimum atomic E-state index is -1.32. The Morgan fingerprint density at radius 3 is 2.60 bits per heavy atom. The van der Waals surface area contributed by atoms with Crippen LogP contribution >= 0.6 is 15.9 Å². The molecule has 1 aromatic carbocycles. The number of carbonyl (C=O) groups excluding carboxylic acids is 1. The molecule has 5 nitrogen and oxygen atoms in total. The Hall–Kier alpha value is -1.57. The quantitative estimate of drug-likeness (QED) is 0.355. The highest BCUT2D eigenvalue weighted by Crippen LogP contribution is 2.22. The lowest BCUT2D eigenvalue weighted by Gasteiger charge is -2.06. The molecule has 0 aromatic heterocycles. The first-order chi connectivity index (χ1) is 9.47. The van der Waals surface area contributed by atoms with Gasteiger partial charge in [0.15, 0.2) is 0 Å². The van der Waals surface area contributed by atoms with E-state index < -0.39 is 33.7 Å². The van der Waals surface area contributed by atoms with Gasteiger partial charge in [-0.05, 0) is 18.9 Å². The second-order valence-electron chi connectivity index (χ2n) is 4.05. The molecule has 0 aliphatic carbocycles. The van der Waals surface area contributed by atoms with E-state index in [2.05, 4.69) is 21.2 Å². The van der Waals surface area contributed by atoms with Crippen molar-refractivity contribution in [1.29, 1.82) is 0 Å². The number of hydrogen-bond donors (Lipinski definition) is 1. The maximum Gasteiger partial charge on any atom is 0.308 e. The van der Waals surface area contributed by atoms with Crippen molar-refractivity contribution < 1.29 is 18.5 Å². The molecule has 0 bridgehead atoms. The van der Waals surface area contributed by atoms with Gasteiger partial charge in [-0.25, -0.2) is 4.39 Å². The van der Waals surface area contributed by atoms with Crippen molar-refractivity contribution in [3.05, 3.63) is 39.4 Å². The molecule has 0 aliphatic heterocycles. The summed E-state index contributed by atoms with van der Waals surface area (Å²) in [7, 11) is 0. The van der Waals surface area contributed by atoms with Gasteiger partial charge in [-0.2, -0.15) is 4.39 Å². The van der Waals surface area contributed by atoms with Crippen molar-refractivity contribution >= 4 is 27.5 Å².